The number of rotatable bonds is 6. The third kappa shape index (κ3) is 4.01. The number of nitrogens with zero attached hydrogens (tertiary/aromatic N) is 2. The van der Waals surface area contributed by atoms with Gasteiger partial charge in [0.15, 0.2) is 0 Å². The molecule has 4 rings (SSSR count). The molecule has 1 aromatic carbocycles. The minimum absolute atomic E-state index is 0.00706. The first-order valence-corrected chi connectivity index (χ1v) is 11.1. The lowest BCUT2D eigenvalue weighted by Crippen LogP contribution is -2.25. The Morgan fingerprint density at radius 3 is 2.63 bits per heavy atom. The van der Waals surface area contributed by atoms with Gasteiger partial charge in [0, 0.05) is 28.5 Å². The molecule has 0 radical (unpaired) electrons. The highest BCUT2D eigenvalue weighted by molar-refractivity contribution is 7.99. The summed E-state index contributed by atoms with van der Waals surface area (Å²) in [5, 5.41) is 4.10. The van der Waals surface area contributed by atoms with Crippen molar-refractivity contribution < 1.29 is 4.79 Å². The molecule has 0 spiro atoms. The van der Waals surface area contributed by atoms with Crippen molar-refractivity contribution in [2.75, 3.05) is 12.3 Å². The Labute approximate surface area is 167 Å². The predicted molar refractivity (Wildman–Crippen MR) is 113 cm³/mol. The molecule has 4 nitrogen and oxygen atoms in total. The van der Waals surface area contributed by atoms with E-state index < -0.39 is 0 Å². The minimum Gasteiger partial charge on any atom is -0.350 e. The number of nitrogens with one attached hydrogen (secondary N) is 1. The van der Waals surface area contributed by atoms with Gasteiger partial charge in [-0.3, -0.25) is 4.79 Å². The van der Waals surface area contributed by atoms with E-state index in [1.54, 1.807) is 11.8 Å². The van der Waals surface area contributed by atoms with E-state index in [0.29, 0.717) is 12.5 Å². The molecule has 6 heteroatoms. The van der Waals surface area contributed by atoms with Crippen molar-refractivity contribution in [2.45, 2.75) is 44.4 Å². The van der Waals surface area contributed by atoms with Crippen molar-refractivity contribution >= 4 is 39.2 Å². The van der Waals surface area contributed by atoms with Gasteiger partial charge >= 0.3 is 0 Å². The molecule has 0 bridgehead atoms. The largest absolute Gasteiger partial charge is 0.350 e. The second-order valence-corrected chi connectivity index (χ2v) is 9.26. The lowest BCUT2D eigenvalue weighted by atomic mass is 10.1. The lowest BCUT2D eigenvalue weighted by Gasteiger charge is -2.05. The van der Waals surface area contributed by atoms with Crippen LogP contribution in [0, 0.1) is 20.8 Å². The van der Waals surface area contributed by atoms with E-state index in [1.165, 1.54) is 34.6 Å². The van der Waals surface area contributed by atoms with E-state index in [1.807, 2.05) is 13.8 Å². The second kappa shape index (κ2) is 7.60. The monoisotopic (exact) mass is 397 g/mol. The van der Waals surface area contributed by atoms with Gasteiger partial charge in [-0.2, -0.15) is 0 Å². The maximum Gasteiger partial charge on any atom is 0.261 e. The van der Waals surface area contributed by atoms with Crippen LogP contribution in [0.4, 0.5) is 0 Å². The van der Waals surface area contributed by atoms with Crippen molar-refractivity contribution in [1.29, 1.82) is 0 Å². The number of carbonyl (C=O) groups excluding carboxylic acids is 1. The highest BCUT2D eigenvalue weighted by Crippen LogP contribution is 2.40. The SMILES string of the molecule is Cc1ccc(SCCNC(=O)c2sc3nc(C4CC4)nc(C)c3c2C)cc1. The van der Waals surface area contributed by atoms with E-state index in [4.69, 9.17) is 4.98 Å². The Bertz CT molecular complexity index is 991. The van der Waals surface area contributed by atoms with Crippen molar-refractivity contribution in [1.82, 2.24) is 15.3 Å². The Hall–Kier alpha value is -1.92. The zero-order chi connectivity index (χ0) is 19.0. The first-order chi connectivity index (χ1) is 13.0. The van der Waals surface area contributed by atoms with Crippen LogP contribution in [0.25, 0.3) is 10.2 Å². The van der Waals surface area contributed by atoms with Gasteiger partial charge in [0.25, 0.3) is 5.91 Å². The predicted octanol–water partition coefficient (Wildman–Crippen LogP) is 5.02. The van der Waals surface area contributed by atoms with Crippen LogP contribution in [-0.4, -0.2) is 28.2 Å². The number of fused-ring (bicyclic) bond motifs is 1. The standard InChI is InChI=1S/C21H23N3OS2/c1-12-4-8-16(9-5-12)26-11-10-22-20(25)18-13(2)17-14(3)23-19(15-6-7-15)24-21(17)27-18/h4-5,8-9,15H,6-7,10-11H2,1-3H3,(H,22,25). The van der Waals surface area contributed by atoms with Gasteiger partial charge in [-0.1, -0.05) is 17.7 Å². The molecule has 1 amide bonds. The summed E-state index contributed by atoms with van der Waals surface area (Å²) in [6.45, 7) is 6.75. The van der Waals surface area contributed by atoms with Gasteiger partial charge in [0.05, 0.1) is 10.6 Å². The van der Waals surface area contributed by atoms with Crippen molar-refractivity contribution in [3.63, 3.8) is 0 Å². The molecular weight excluding hydrogens is 374 g/mol. The summed E-state index contributed by atoms with van der Waals surface area (Å²) < 4.78 is 0. The van der Waals surface area contributed by atoms with Gasteiger partial charge < -0.3 is 5.32 Å². The molecule has 2 aromatic heterocycles. The van der Waals surface area contributed by atoms with E-state index in [0.717, 1.165) is 37.9 Å². The summed E-state index contributed by atoms with van der Waals surface area (Å²) in [5.41, 5.74) is 3.25. The minimum atomic E-state index is -0.00706. The number of aromatic nitrogens is 2. The van der Waals surface area contributed by atoms with E-state index in [2.05, 4.69) is 41.5 Å². The molecule has 0 unspecified atom stereocenters. The normalized spacial score (nSPS) is 13.9. The molecule has 0 atom stereocenters. The van der Waals surface area contributed by atoms with Gasteiger partial charge in [-0.05, 0) is 51.3 Å². The number of hydrogen-bond acceptors (Lipinski definition) is 5. The summed E-state index contributed by atoms with van der Waals surface area (Å²) in [6, 6.07) is 8.47. The zero-order valence-electron chi connectivity index (χ0n) is 15.8. The number of benzene rings is 1. The van der Waals surface area contributed by atoms with Crippen molar-refractivity contribution in [3.05, 3.63) is 51.8 Å². The van der Waals surface area contributed by atoms with E-state index in [9.17, 15) is 4.79 Å². The van der Waals surface area contributed by atoms with Crippen LogP contribution in [0.15, 0.2) is 29.2 Å². The van der Waals surface area contributed by atoms with E-state index >= 15 is 0 Å². The molecule has 27 heavy (non-hydrogen) atoms. The van der Waals surface area contributed by atoms with Gasteiger partial charge in [0.1, 0.15) is 10.7 Å². The van der Waals surface area contributed by atoms with Crippen molar-refractivity contribution in [2.24, 2.45) is 0 Å². The maximum absolute atomic E-state index is 12.7. The number of thiophene rings is 1. The fourth-order valence-corrected chi connectivity index (χ4v) is 5.07. The molecule has 1 aliphatic rings. The molecular formula is C21H23N3OS2. The van der Waals surface area contributed by atoms with Gasteiger partial charge in [-0.25, -0.2) is 9.97 Å². The number of hydrogen-bond donors (Lipinski definition) is 1. The first-order valence-electron chi connectivity index (χ1n) is 9.28. The maximum atomic E-state index is 12.7. The third-order valence-corrected chi connectivity index (χ3v) is 7.01. The average molecular weight is 398 g/mol. The smallest absolute Gasteiger partial charge is 0.261 e. The average Bonchev–Trinajstić information content (AvgIpc) is 3.44. The number of aryl methyl sites for hydroxylation is 3. The van der Waals surface area contributed by atoms with Gasteiger partial charge in [-0.15, -0.1) is 23.1 Å². The third-order valence-electron chi connectivity index (χ3n) is 4.81. The molecule has 2 heterocycles. The quantitative estimate of drug-likeness (QED) is 0.469. The highest BCUT2D eigenvalue weighted by Gasteiger charge is 2.28. The van der Waals surface area contributed by atoms with Crippen molar-refractivity contribution in [3.8, 4) is 0 Å². The molecule has 0 aliphatic heterocycles. The summed E-state index contributed by atoms with van der Waals surface area (Å²) >= 11 is 3.25. The van der Waals surface area contributed by atoms with Crippen LogP contribution in [0.3, 0.4) is 0 Å². The molecule has 0 saturated heterocycles. The topological polar surface area (TPSA) is 54.9 Å². The first kappa shape index (κ1) is 18.4. The molecule has 140 valence electrons. The molecule has 3 aromatic rings. The summed E-state index contributed by atoms with van der Waals surface area (Å²) in [5.74, 6) is 2.31. The van der Waals surface area contributed by atoms with Crippen LogP contribution in [-0.2, 0) is 0 Å². The van der Waals surface area contributed by atoms with Gasteiger partial charge in [0.2, 0.25) is 0 Å². The number of carbonyl (C=O) groups is 1. The van der Waals surface area contributed by atoms with Crippen LogP contribution >= 0.6 is 23.1 Å². The Morgan fingerprint density at radius 1 is 1.19 bits per heavy atom. The molecule has 1 fully saturated rings. The van der Waals surface area contributed by atoms with Crippen LogP contribution in [0.1, 0.15) is 51.1 Å². The number of amides is 1. The lowest BCUT2D eigenvalue weighted by molar-refractivity contribution is 0.0960. The van der Waals surface area contributed by atoms with E-state index in [-0.39, 0.29) is 5.91 Å². The van der Waals surface area contributed by atoms with Crippen LogP contribution in [0.2, 0.25) is 0 Å². The van der Waals surface area contributed by atoms with Crippen LogP contribution < -0.4 is 5.32 Å². The summed E-state index contributed by atoms with van der Waals surface area (Å²) in [4.78, 5) is 25.0. The Balaban J connectivity index is 1.42. The second-order valence-electron chi connectivity index (χ2n) is 7.10. The molecule has 1 saturated carbocycles. The zero-order valence-corrected chi connectivity index (χ0v) is 17.5. The fourth-order valence-electron chi connectivity index (χ4n) is 3.15. The Morgan fingerprint density at radius 2 is 1.93 bits per heavy atom. The Kier molecular flexibility index (Phi) is 5.19. The fraction of sp³-hybridized carbons (Fsp3) is 0.381. The number of thioether (sulfide) groups is 1. The molecule has 1 N–H and O–H groups in total. The summed E-state index contributed by atoms with van der Waals surface area (Å²) in [7, 11) is 0. The summed E-state index contributed by atoms with van der Waals surface area (Å²) in [6.07, 6.45) is 2.36. The molecule has 1 aliphatic carbocycles. The highest BCUT2D eigenvalue weighted by atomic mass is 32.2. The van der Waals surface area contributed by atoms with Crippen LogP contribution in [0.5, 0.6) is 0 Å².